The van der Waals surface area contributed by atoms with E-state index in [4.69, 9.17) is 4.74 Å². The molecular weight excluding hydrogens is 364 g/mol. The van der Waals surface area contributed by atoms with Gasteiger partial charge in [-0.15, -0.1) is 0 Å². The topological polar surface area (TPSA) is 96.4 Å². The number of H-pyrrole nitrogens is 1. The van der Waals surface area contributed by atoms with Crippen molar-refractivity contribution in [2.45, 2.75) is 13.8 Å². The van der Waals surface area contributed by atoms with E-state index in [2.05, 4.69) is 36.4 Å². The van der Waals surface area contributed by atoms with Crippen molar-refractivity contribution >= 4 is 28.1 Å². The van der Waals surface area contributed by atoms with Crippen LogP contribution in [0.15, 0.2) is 38.6 Å². The number of aromatic amines is 1. The molecule has 0 saturated carbocycles. The molecule has 0 bridgehead atoms. The summed E-state index contributed by atoms with van der Waals surface area (Å²) in [6.45, 7) is 4.15. The molecule has 0 aliphatic heterocycles. The average molecular weight is 379 g/mol. The lowest BCUT2D eigenvalue weighted by Crippen LogP contribution is -2.24. The predicted octanol–water partition coefficient (Wildman–Crippen LogP) is 2.00. The third kappa shape index (κ3) is 4.75. The van der Waals surface area contributed by atoms with Crippen LogP contribution in [0.3, 0.4) is 0 Å². The first kappa shape index (κ1) is 16.9. The molecule has 0 aliphatic rings. The van der Waals surface area contributed by atoms with Crippen LogP contribution in [0.1, 0.15) is 28.7 Å². The Balaban J connectivity index is 2.05. The van der Waals surface area contributed by atoms with Gasteiger partial charge in [-0.3, -0.25) is 4.79 Å². The van der Waals surface area contributed by atoms with Gasteiger partial charge in [0.25, 0.3) is 5.91 Å². The number of aromatic nitrogens is 2. The number of carbonyl (C=O) groups excluding carboxylic acids is 1. The minimum absolute atomic E-state index is 0.0104. The van der Waals surface area contributed by atoms with Gasteiger partial charge in [0, 0.05) is 5.69 Å². The van der Waals surface area contributed by atoms with E-state index in [0.717, 1.165) is 15.8 Å². The highest BCUT2D eigenvalue weighted by Gasteiger charge is 2.07. The van der Waals surface area contributed by atoms with Crippen molar-refractivity contribution < 1.29 is 9.53 Å². The quantitative estimate of drug-likeness (QED) is 0.614. The smallest absolute Gasteiger partial charge is 0.345 e. The van der Waals surface area contributed by atoms with Gasteiger partial charge in [0.05, 0.1) is 17.3 Å². The Bertz CT molecular complexity index is 802. The molecule has 23 heavy (non-hydrogen) atoms. The second-order valence-corrected chi connectivity index (χ2v) is 5.43. The summed E-state index contributed by atoms with van der Waals surface area (Å²) in [4.78, 5) is 29.2. The van der Waals surface area contributed by atoms with Crippen molar-refractivity contribution in [1.82, 2.24) is 15.4 Å². The van der Waals surface area contributed by atoms with Crippen molar-refractivity contribution in [2.75, 3.05) is 6.61 Å². The molecule has 1 aromatic carbocycles. The number of nitrogens with one attached hydrogen (secondary N) is 2. The third-order valence-corrected chi connectivity index (χ3v) is 3.37. The first-order valence-corrected chi connectivity index (χ1v) is 7.62. The van der Waals surface area contributed by atoms with Crippen molar-refractivity contribution in [1.29, 1.82) is 0 Å². The molecule has 1 amide bonds. The zero-order valence-corrected chi connectivity index (χ0v) is 14.2. The molecule has 1 aromatic heterocycles. The largest absolute Gasteiger partial charge is 0.493 e. The summed E-state index contributed by atoms with van der Waals surface area (Å²) in [6.07, 6.45) is 1.48. The zero-order valence-electron chi connectivity index (χ0n) is 12.6. The zero-order chi connectivity index (χ0) is 16.8. The summed E-state index contributed by atoms with van der Waals surface area (Å²) in [5, 5.41) is 3.86. The van der Waals surface area contributed by atoms with Crippen molar-refractivity contribution in [3.05, 3.63) is 56.2 Å². The molecule has 120 valence electrons. The molecule has 0 saturated heterocycles. The van der Waals surface area contributed by atoms with Crippen LogP contribution in [-0.2, 0) is 0 Å². The van der Waals surface area contributed by atoms with E-state index in [0.29, 0.717) is 12.3 Å². The number of ether oxygens (including phenoxy) is 1. The first-order valence-electron chi connectivity index (χ1n) is 6.83. The second kappa shape index (κ2) is 7.68. The molecule has 0 aliphatic carbocycles. The second-order valence-electron chi connectivity index (χ2n) is 4.58. The summed E-state index contributed by atoms with van der Waals surface area (Å²) in [6, 6.07) is 6.90. The summed E-state index contributed by atoms with van der Waals surface area (Å²) in [5.41, 5.74) is 3.09. The molecule has 0 unspecified atom stereocenters. The predicted molar refractivity (Wildman–Crippen MR) is 90.0 cm³/mol. The highest BCUT2D eigenvalue weighted by atomic mass is 79.9. The standard InChI is InChI=1S/C15H15BrN4O3/c1-3-23-13-5-4-10(7-11(13)16)8-17-20-14(21)12-6-9(2)18-15(22)19-12/h4-8H,3H2,1-2H3,(H,20,21)(H,18,19,22)/b17-8+. The summed E-state index contributed by atoms with van der Waals surface area (Å²) in [7, 11) is 0. The van der Waals surface area contributed by atoms with E-state index < -0.39 is 11.6 Å². The van der Waals surface area contributed by atoms with Gasteiger partial charge in [0.2, 0.25) is 0 Å². The number of amides is 1. The van der Waals surface area contributed by atoms with Crippen LogP contribution < -0.4 is 15.9 Å². The summed E-state index contributed by atoms with van der Waals surface area (Å²) < 4.78 is 6.21. The molecule has 2 rings (SSSR count). The average Bonchev–Trinajstić information content (AvgIpc) is 2.49. The van der Waals surface area contributed by atoms with E-state index in [1.54, 1.807) is 19.1 Å². The Kier molecular flexibility index (Phi) is 5.64. The lowest BCUT2D eigenvalue weighted by molar-refractivity contribution is 0.0949. The van der Waals surface area contributed by atoms with Crippen LogP contribution in [0.25, 0.3) is 0 Å². The summed E-state index contributed by atoms with van der Waals surface area (Å²) in [5.74, 6) is 0.178. The minimum atomic E-state index is -0.574. The van der Waals surface area contributed by atoms with Gasteiger partial charge in [-0.1, -0.05) is 0 Å². The maximum Gasteiger partial charge on any atom is 0.345 e. The molecule has 7 nitrogen and oxygen atoms in total. The third-order valence-electron chi connectivity index (χ3n) is 2.75. The van der Waals surface area contributed by atoms with Gasteiger partial charge in [0.15, 0.2) is 0 Å². The van der Waals surface area contributed by atoms with Crippen molar-refractivity contribution in [3.63, 3.8) is 0 Å². The number of hydrazone groups is 1. The molecule has 8 heteroatoms. The molecule has 0 fully saturated rings. The fourth-order valence-corrected chi connectivity index (χ4v) is 2.30. The number of hydrogen-bond donors (Lipinski definition) is 2. The highest BCUT2D eigenvalue weighted by molar-refractivity contribution is 9.10. The van der Waals surface area contributed by atoms with Gasteiger partial charge in [-0.2, -0.15) is 10.1 Å². The Labute approximate surface area is 140 Å². The monoisotopic (exact) mass is 378 g/mol. The van der Waals surface area contributed by atoms with Crippen LogP contribution in [0.2, 0.25) is 0 Å². The fourth-order valence-electron chi connectivity index (χ4n) is 1.79. The molecular formula is C15H15BrN4O3. The number of rotatable bonds is 5. The SMILES string of the molecule is CCOc1ccc(/C=N/NC(=O)c2cc(C)[nH]c(=O)n2)cc1Br. The van der Waals surface area contributed by atoms with Gasteiger partial charge in [-0.05, 0) is 59.6 Å². The molecule has 0 radical (unpaired) electrons. The highest BCUT2D eigenvalue weighted by Crippen LogP contribution is 2.25. The normalized spacial score (nSPS) is 10.7. The van der Waals surface area contributed by atoms with Crippen LogP contribution >= 0.6 is 15.9 Å². The fraction of sp³-hybridized carbons (Fsp3) is 0.200. The molecule has 0 spiro atoms. The molecule has 2 aromatic rings. The van der Waals surface area contributed by atoms with E-state index in [1.165, 1.54) is 12.3 Å². The number of hydrogen-bond acceptors (Lipinski definition) is 5. The molecule has 2 N–H and O–H groups in total. The first-order chi connectivity index (χ1) is 11.0. The number of carbonyl (C=O) groups is 1. The van der Waals surface area contributed by atoms with Gasteiger partial charge in [0.1, 0.15) is 11.4 Å². The van der Waals surface area contributed by atoms with E-state index in [9.17, 15) is 9.59 Å². The Hall–Kier alpha value is -2.48. The maximum absolute atomic E-state index is 11.9. The van der Waals surface area contributed by atoms with Gasteiger partial charge < -0.3 is 9.72 Å². The lowest BCUT2D eigenvalue weighted by Gasteiger charge is -2.05. The van der Waals surface area contributed by atoms with Gasteiger partial charge >= 0.3 is 5.69 Å². The number of nitrogens with zero attached hydrogens (tertiary/aromatic N) is 2. The van der Waals surface area contributed by atoms with Crippen LogP contribution in [0, 0.1) is 6.92 Å². The Morgan fingerprint density at radius 1 is 1.48 bits per heavy atom. The van der Waals surface area contributed by atoms with E-state index in [1.807, 2.05) is 13.0 Å². The maximum atomic E-state index is 11.9. The van der Waals surface area contributed by atoms with Gasteiger partial charge in [-0.25, -0.2) is 10.2 Å². The Morgan fingerprint density at radius 2 is 2.26 bits per heavy atom. The van der Waals surface area contributed by atoms with Crippen LogP contribution in [0.4, 0.5) is 0 Å². The lowest BCUT2D eigenvalue weighted by atomic mass is 10.2. The van der Waals surface area contributed by atoms with Crippen molar-refractivity contribution in [2.24, 2.45) is 5.10 Å². The van der Waals surface area contributed by atoms with E-state index in [-0.39, 0.29) is 5.69 Å². The van der Waals surface area contributed by atoms with E-state index >= 15 is 0 Å². The molecule has 1 heterocycles. The van der Waals surface area contributed by atoms with Crippen LogP contribution in [0.5, 0.6) is 5.75 Å². The number of halogens is 1. The summed E-state index contributed by atoms with van der Waals surface area (Å²) >= 11 is 3.40. The molecule has 0 atom stereocenters. The minimum Gasteiger partial charge on any atom is -0.493 e. The Morgan fingerprint density at radius 3 is 2.91 bits per heavy atom. The van der Waals surface area contributed by atoms with Crippen molar-refractivity contribution in [3.8, 4) is 5.75 Å². The number of benzene rings is 1. The van der Waals surface area contributed by atoms with Crippen LogP contribution in [-0.4, -0.2) is 28.7 Å². The number of aryl methyl sites for hydroxylation is 1.